The summed E-state index contributed by atoms with van der Waals surface area (Å²) in [6.45, 7) is 13.7. The van der Waals surface area contributed by atoms with Crippen molar-refractivity contribution in [3.8, 4) is 0 Å². The Morgan fingerprint density at radius 1 is 1.19 bits per heavy atom. The normalized spacial score (nSPS) is 16.2. The van der Waals surface area contributed by atoms with Crippen LogP contribution in [0.5, 0.6) is 0 Å². The van der Waals surface area contributed by atoms with Crippen LogP contribution in [0.2, 0.25) is 5.15 Å². The molecule has 0 radical (unpaired) electrons. The number of halogens is 1. The van der Waals surface area contributed by atoms with E-state index >= 15 is 0 Å². The van der Waals surface area contributed by atoms with Crippen molar-refractivity contribution in [1.29, 1.82) is 0 Å². The molecule has 1 rings (SSSR count). The summed E-state index contributed by atoms with van der Waals surface area (Å²) in [5.74, 6) is 0.547. The fourth-order valence-electron chi connectivity index (χ4n) is 2.36. The topological polar surface area (TPSA) is 12.9 Å². The molecule has 0 saturated carbocycles. The highest BCUT2D eigenvalue weighted by atomic mass is 35.5. The smallest absolute Gasteiger partial charge is 0.129 e. The maximum atomic E-state index is 5.99. The van der Waals surface area contributed by atoms with E-state index in [1.165, 1.54) is 5.56 Å². The second-order valence-electron chi connectivity index (χ2n) is 5.97. The zero-order valence-electron chi connectivity index (χ0n) is 11.1. The minimum Gasteiger partial charge on any atom is -0.245 e. The number of hydrogen-bond acceptors (Lipinski definition) is 1. The molecule has 0 bridgehead atoms. The van der Waals surface area contributed by atoms with Crippen molar-refractivity contribution >= 4 is 11.6 Å². The van der Waals surface area contributed by atoms with Gasteiger partial charge in [0.1, 0.15) is 5.15 Å². The van der Waals surface area contributed by atoms with Gasteiger partial charge in [0.2, 0.25) is 0 Å². The Morgan fingerprint density at radius 3 is 2.12 bits per heavy atom. The molecule has 16 heavy (non-hydrogen) atoms. The molecule has 0 saturated heterocycles. The zero-order chi connectivity index (χ0) is 12.6. The van der Waals surface area contributed by atoms with Crippen molar-refractivity contribution in [3.05, 3.63) is 29.0 Å². The van der Waals surface area contributed by atoms with E-state index < -0.39 is 0 Å². The maximum Gasteiger partial charge on any atom is 0.129 e. The lowest BCUT2D eigenvalue weighted by Crippen LogP contribution is -2.41. The van der Waals surface area contributed by atoms with Gasteiger partial charge in [-0.25, -0.2) is 4.98 Å². The van der Waals surface area contributed by atoms with Crippen LogP contribution in [0.15, 0.2) is 18.3 Å². The third kappa shape index (κ3) is 2.24. The van der Waals surface area contributed by atoms with Gasteiger partial charge in [-0.3, -0.25) is 0 Å². The van der Waals surface area contributed by atoms with Crippen molar-refractivity contribution in [1.82, 2.24) is 4.98 Å². The molecule has 0 aliphatic carbocycles. The summed E-state index contributed by atoms with van der Waals surface area (Å²) in [6, 6.07) is 4.07. The van der Waals surface area contributed by atoms with Gasteiger partial charge >= 0.3 is 0 Å². The molecule has 1 aromatic heterocycles. The molecule has 0 N–H and O–H groups in total. The Labute approximate surface area is 104 Å². The first kappa shape index (κ1) is 13.5. The Kier molecular flexibility index (Phi) is 3.69. The van der Waals surface area contributed by atoms with Crippen molar-refractivity contribution in [2.45, 2.75) is 47.0 Å². The van der Waals surface area contributed by atoms with Crippen LogP contribution in [0.3, 0.4) is 0 Å². The quantitative estimate of drug-likeness (QED) is 0.682. The van der Waals surface area contributed by atoms with Crippen molar-refractivity contribution < 1.29 is 0 Å². The Bertz CT molecular complexity index is 365. The van der Waals surface area contributed by atoms with Crippen LogP contribution in [0.1, 0.15) is 47.1 Å². The van der Waals surface area contributed by atoms with Gasteiger partial charge in [0.15, 0.2) is 0 Å². The third-order valence-electron chi connectivity index (χ3n) is 4.04. The summed E-state index contributed by atoms with van der Waals surface area (Å²) < 4.78 is 0. The van der Waals surface area contributed by atoms with E-state index in [1.807, 2.05) is 6.07 Å². The molecular formula is C14H22ClN. The number of aromatic nitrogens is 1. The summed E-state index contributed by atoms with van der Waals surface area (Å²) >= 11 is 5.99. The van der Waals surface area contributed by atoms with Crippen molar-refractivity contribution in [3.63, 3.8) is 0 Å². The van der Waals surface area contributed by atoms with Gasteiger partial charge < -0.3 is 0 Å². The van der Waals surface area contributed by atoms with Gasteiger partial charge in [-0.2, -0.15) is 0 Å². The molecule has 0 aliphatic heterocycles. The maximum absolute atomic E-state index is 5.99. The van der Waals surface area contributed by atoms with E-state index in [2.05, 4.69) is 52.6 Å². The van der Waals surface area contributed by atoms with E-state index in [1.54, 1.807) is 6.20 Å². The first-order valence-electron chi connectivity index (χ1n) is 5.81. The SMILES string of the molecule is CC(C)C(C)(c1ccnc(Cl)c1)C(C)(C)C. The third-order valence-corrected chi connectivity index (χ3v) is 4.25. The average molecular weight is 240 g/mol. The van der Waals surface area contributed by atoms with Crippen LogP contribution >= 0.6 is 11.6 Å². The van der Waals surface area contributed by atoms with Crippen LogP contribution in [0, 0.1) is 11.3 Å². The van der Waals surface area contributed by atoms with Gasteiger partial charge in [0, 0.05) is 6.20 Å². The molecule has 0 amide bonds. The predicted molar refractivity (Wildman–Crippen MR) is 70.9 cm³/mol. The molecular weight excluding hydrogens is 218 g/mol. The van der Waals surface area contributed by atoms with E-state index in [0.717, 1.165) is 0 Å². The second kappa shape index (κ2) is 4.37. The molecule has 1 unspecified atom stereocenters. The van der Waals surface area contributed by atoms with E-state index in [9.17, 15) is 0 Å². The van der Waals surface area contributed by atoms with E-state index in [-0.39, 0.29) is 10.8 Å². The summed E-state index contributed by atoms with van der Waals surface area (Å²) in [5.41, 5.74) is 1.56. The summed E-state index contributed by atoms with van der Waals surface area (Å²) in [6.07, 6.45) is 1.80. The number of pyridine rings is 1. The van der Waals surface area contributed by atoms with E-state index in [4.69, 9.17) is 11.6 Å². The Hall–Kier alpha value is -0.560. The van der Waals surface area contributed by atoms with Gasteiger partial charge in [-0.15, -0.1) is 0 Å². The molecule has 0 aliphatic rings. The molecule has 0 spiro atoms. The lowest BCUT2D eigenvalue weighted by atomic mass is 9.58. The average Bonchev–Trinajstić information content (AvgIpc) is 2.14. The van der Waals surface area contributed by atoms with Crippen molar-refractivity contribution in [2.24, 2.45) is 11.3 Å². The van der Waals surface area contributed by atoms with Crippen LogP contribution in [0.25, 0.3) is 0 Å². The molecule has 0 fully saturated rings. The molecule has 1 nitrogen and oxygen atoms in total. The minimum atomic E-state index is 0.0968. The largest absolute Gasteiger partial charge is 0.245 e. The predicted octanol–water partition coefficient (Wildman–Crippen LogP) is 4.69. The van der Waals surface area contributed by atoms with Crippen LogP contribution in [0.4, 0.5) is 0 Å². The zero-order valence-corrected chi connectivity index (χ0v) is 11.9. The monoisotopic (exact) mass is 239 g/mol. The van der Waals surface area contributed by atoms with Gasteiger partial charge in [0.25, 0.3) is 0 Å². The first-order valence-corrected chi connectivity index (χ1v) is 6.19. The standard InChI is InChI=1S/C14H22ClN/c1-10(2)14(6,13(3,4)5)11-7-8-16-12(15)9-11/h7-10H,1-6H3. The summed E-state index contributed by atoms with van der Waals surface area (Å²) in [4.78, 5) is 4.06. The Morgan fingerprint density at radius 2 is 1.75 bits per heavy atom. The highest BCUT2D eigenvalue weighted by Gasteiger charge is 2.41. The number of hydrogen-bond donors (Lipinski definition) is 0. The van der Waals surface area contributed by atoms with Crippen LogP contribution in [-0.2, 0) is 5.41 Å². The van der Waals surface area contributed by atoms with Gasteiger partial charge in [-0.1, -0.05) is 53.1 Å². The number of nitrogens with zero attached hydrogens (tertiary/aromatic N) is 1. The lowest BCUT2D eigenvalue weighted by molar-refractivity contribution is 0.142. The molecule has 2 heteroatoms. The summed E-state index contributed by atoms with van der Waals surface area (Å²) in [5, 5.41) is 0.577. The number of rotatable bonds is 2. The van der Waals surface area contributed by atoms with Crippen molar-refractivity contribution in [2.75, 3.05) is 0 Å². The fraction of sp³-hybridized carbons (Fsp3) is 0.643. The van der Waals surface area contributed by atoms with E-state index in [0.29, 0.717) is 11.1 Å². The minimum absolute atomic E-state index is 0.0968. The fourth-order valence-corrected chi connectivity index (χ4v) is 2.53. The first-order chi connectivity index (χ1) is 7.19. The van der Waals surface area contributed by atoms with Crippen LogP contribution in [-0.4, -0.2) is 4.98 Å². The highest BCUT2D eigenvalue weighted by molar-refractivity contribution is 6.29. The second-order valence-corrected chi connectivity index (χ2v) is 6.36. The summed E-state index contributed by atoms with van der Waals surface area (Å²) in [7, 11) is 0. The van der Waals surface area contributed by atoms with Gasteiger partial charge in [-0.05, 0) is 34.4 Å². The molecule has 1 aromatic rings. The van der Waals surface area contributed by atoms with Crippen LogP contribution < -0.4 is 0 Å². The lowest BCUT2D eigenvalue weighted by Gasteiger charge is -2.46. The van der Waals surface area contributed by atoms with Gasteiger partial charge in [0.05, 0.1) is 0 Å². The molecule has 90 valence electrons. The molecule has 1 heterocycles. The molecule has 1 atom stereocenters. The highest BCUT2D eigenvalue weighted by Crippen LogP contribution is 2.46. The Balaban J connectivity index is 3.34. The molecule has 0 aromatic carbocycles.